The van der Waals surface area contributed by atoms with Gasteiger partial charge in [-0.05, 0) is 32.0 Å². The highest BCUT2D eigenvalue weighted by Crippen LogP contribution is 2.25. The van der Waals surface area contributed by atoms with E-state index in [-0.39, 0.29) is 0 Å². The van der Waals surface area contributed by atoms with E-state index in [1.165, 1.54) is 0 Å². The van der Waals surface area contributed by atoms with Crippen LogP contribution in [0.3, 0.4) is 0 Å². The van der Waals surface area contributed by atoms with Gasteiger partial charge in [0.15, 0.2) is 12.6 Å². The summed E-state index contributed by atoms with van der Waals surface area (Å²) in [6, 6.07) is 5.03. The van der Waals surface area contributed by atoms with Crippen LogP contribution in [0, 0.1) is 0 Å². The second-order valence-corrected chi connectivity index (χ2v) is 3.57. The van der Waals surface area contributed by atoms with Gasteiger partial charge in [0.25, 0.3) is 0 Å². The van der Waals surface area contributed by atoms with Crippen molar-refractivity contribution in [2.75, 3.05) is 13.2 Å². The summed E-state index contributed by atoms with van der Waals surface area (Å²) in [5.74, 6) is 0. The molecule has 4 heteroatoms. The lowest BCUT2D eigenvalue weighted by molar-refractivity contribution is -0.140. The largest absolute Gasteiger partial charge is 0.349 e. The van der Waals surface area contributed by atoms with Gasteiger partial charge < -0.3 is 9.47 Å². The van der Waals surface area contributed by atoms with Gasteiger partial charge >= 0.3 is 0 Å². The number of hydrogen-bond donors (Lipinski definition) is 0. The molecule has 0 unspecified atom stereocenters. The maximum absolute atomic E-state index is 10.9. The molecule has 0 aliphatic rings. The highest BCUT2D eigenvalue weighted by molar-refractivity contribution is 6.30. The van der Waals surface area contributed by atoms with Crippen molar-refractivity contribution in [1.82, 2.24) is 0 Å². The molecule has 0 saturated heterocycles. The van der Waals surface area contributed by atoms with E-state index in [4.69, 9.17) is 21.1 Å². The van der Waals surface area contributed by atoms with Gasteiger partial charge in [-0.3, -0.25) is 4.79 Å². The second kappa shape index (κ2) is 6.63. The van der Waals surface area contributed by atoms with Crippen LogP contribution >= 0.6 is 11.6 Å². The molecule has 0 aliphatic carbocycles. The van der Waals surface area contributed by atoms with Gasteiger partial charge in [-0.15, -0.1) is 0 Å². The number of benzene rings is 1. The van der Waals surface area contributed by atoms with Gasteiger partial charge in [0.2, 0.25) is 0 Å². The van der Waals surface area contributed by atoms with Gasteiger partial charge in [-0.1, -0.05) is 11.6 Å². The first-order chi connectivity index (χ1) is 7.72. The van der Waals surface area contributed by atoms with E-state index >= 15 is 0 Å². The maximum atomic E-state index is 10.9. The number of hydrogen-bond acceptors (Lipinski definition) is 3. The fourth-order valence-electron chi connectivity index (χ4n) is 1.39. The van der Waals surface area contributed by atoms with E-state index < -0.39 is 6.29 Å². The Morgan fingerprint density at radius 1 is 1.31 bits per heavy atom. The van der Waals surface area contributed by atoms with E-state index in [1.807, 2.05) is 13.8 Å². The van der Waals surface area contributed by atoms with Crippen LogP contribution in [0.2, 0.25) is 5.02 Å². The summed E-state index contributed by atoms with van der Waals surface area (Å²) in [7, 11) is 0. The van der Waals surface area contributed by atoms with Crippen molar-refractivity contribution in [3.63, 3.8) is 0 Å². The maximum Gasteiger partial charge on any atom is 0.184 e. The fraction of sp³-hybridized carbons (Fsp3) is 0.417. The summed E-state index contributed by atoms with van der Waals surface area (Å²) in [5.41, 5.74) is 1.21. The van der Waals surface area contributed by atoms with Crippen molar-refractivity contribution in [3.05, 3.63) is 34.3 Å². The lowest BCUT2D eigenvalue weighted by Gasteiger charge is -2.18. The van der Waals surface area contributed by atoms with Gasteiger partial charge in [0, 0.05) is 29.4 Å². The predicted molar refractivity (Wildman–Crippen MR) is 62.8 cm³/mol. The molecule has 16 heavy (non-hydrogen) atoms. The summed E-state index contributed by atoms with van der Waals surface area (Å²) in [6.07, 6.45) is 0.241. The van der Waals surface area contributed by atoms with Crippen LogP contribution in [0.5, 0.6) is 0 Å². The summed E-state index contributed by atoms with van der Waals surface area (Å²) >= 11 is 5.89. The molecule has 0 heterocycles. The van der Waals surface area contributed by atoms with E-state index in [2.05, 4.69) is 0 Å². The third kappa shape index (κ3) is 3.30. The highest BCUT2D eigenvalue weighted by atomic mass is 35.5. The summed E-state index contributed by atoms with van der Waals surface area (Å²) in [4.78, 5) is 10.9. The third-order valence-electron chi connectivity index (χ3n) is 2.07. The SMILES string of the molecule is CCOC(OCC)c1cc(Cl)ccc1C=O. The zero-order valence-corrected chi connectivity index (χ0v) is 10.2. The Bertz CT molecular complexity index is 346. The van der Waals surface area contributed by atoms with Crippen LogP contribution in [-0.4, -0.2) is 19.5 Å². The normalized spacial score (nSPS) is 10.8. The molecular weight excluding hydrogens is 228 g/mol. The van der Waals surface area contributed by atoms with E-state index in [9.17, 15) is 4.79 Å². The molecule has 1 aromatic carbocycles. The Balaban J connectivity index is 3.04. The van der Waals surface area contributed by atoms with Gasteiger partial charge in [-0.25, -0.2) is 0 Å². The number of rotatable bonds is 6. The summed E-state index contributed by atoms with van der Waals surface area (Å²) in [5, 5.41) is 0.560. The number of ether oxygens (including phenoxy) is 2. The minimum Gasteiger partial charge on any atom is -0.349 e. The van der Waals surface area contributed by atoms with Gasteiger partial charge in [0.05, 0.1) is 0 Å². The van der Waals surface area contributed by atoms with Crippen molar-refractivity contribution in [1.29, 1.82) is 0 Å². The number of aldehydes is 1. The van der Waals surface area contributed by atoms with Crippen LogP contribution in [-0.2, 0) is 9.47 Å². The Labute approximate surface area is 100 Å². The molecule has 0 saturated carbocycles. The molecule has 1 rings (SSSR count). The Morgan fingerprint density at radius 2 is 1.94 bits per heavy atom. The number of halogens is 1. The highest BCUT2D eigenvalue weighted by Gasteiger charge is 2.15. The molecule has 0 spiro atoms. The molecular formula is C12H15ClO3. The first kappa shape index (κ1) is 13.2. The molecule has 0 bridgehead atoms. The van der Waals surface area contributed by atoms with Crippen molar-refractivity contribution in [2.24, 2.45) is 0 Å². The molecule has 0 aliphatic heterocycles. The second-order valence-electron chi connectivity index (χ2n) is 3.13. The van der Waals surface area contributed by atoms with Gasteiger partial charge in [0.1, 0.15) is 0 Å². The molecule has 3 nitrogen and oxygen atoms in total. The van der Waals surface area contributed by atoms with Crippen molar-refractivity contribution in [3.8, 4) is 0 Å². The molecule has 1 aromatic rings. The third-order valence-corrected chi connectivity index (χ3v) is 2.30. The molecule has 0 N–H and O–H groups in total. The van der Waals surface area contributed by atoms with Crippen LogP contribution in [0.15, 0.2) is 18.2 Å². The lowest BCUT2D eigenvalue weighted by Crippen LogP contribution is -2.11. The summed E-state index contributed by atoms with van der Waals surface area (Å²) in [6.45, 7) is 4.76. The van der Waals surface area contributed by atoms with Crippen LogP contribution in [0.25, 0.3) is 0 Å². The minimum atomic E-state index is -0.533. The molecule has 0 aromatic heterocycles. The molecule has 88 valence electrons. The number of carbonyl (C=O) groups excluding carboxylic acids is 1. The van der Waals surface area contributed by atoms with E-state index in [0.29, 0.717) is 29.4 Å². The molecule has 0 fully saturated rings. The quantitative estimate of drug-likeness (QED) is 0.568. The zero-order chi connectivity index (χ0) is 12.0. The van der Waals surface area contributed by atoms with E-state index in [0.717, 1.165) is 6.29 Å². The Morgan fingerprint density at radius 3 is 2.44 bits per heavy atom. The smallest absolute Gasteiger partial charge is 0.184 e. The Kier molecular flexibility index (Phi) is 5.46. The number of carbonyl (C=O) groups is 1. The van der Waals surface area contributed by atoms with Gasteiger partial charge in [-0.2, -0.15) is 0 Å². The lowest BCUT2D eigenvalue weighted by atomic mass is 10.1. The minimum absolute atomic E-state index is 0.509. The fourth-order valence-corrected chi connectivity index (χ4v) is 1.57. The summed E-state index contributed by atoms with van der Waals surface area (Å²) < 4.78 is 10.9. The molecule has 0 atom stereocenters. The molecule has 0 radical (unpaired) electrons. The van der Waals surface area contributed by atoms with Crippen molar-refractivity contribution >= 4 is 17.9 Å². The van der Waals surface area contributed by atoms with Crippen molar-refractivity contribution < 1.29 is 14.3 Å². The van der Waals surface area contributed by atoms with Crippen LogP contribution < -0.4 is 0 Å². The monoisotopic (exact) mass is 242 g/mol. The van der Waals surface area contributed by atoms with Crippen molar-refractivity contribution in [2.45, 2.75) is 20.1 Å². The van der Waals surface area contributed by atoms with E-state index in [1.54, 1.807) is 18.2 Å². The van der Waals surface area contributed by atoms with Crippen LogP contribution in [0.4, 0.5) is 0 Å². The first-order valence-corrected chi connectivity index (χ1v) is 5.58. The average molecular weight is 243 g/mol. The molecule has 0 amide bonds. The predicted octanol–water partition coefficient (Wildman–Crippen LogP) is 3.22. The topological polar surface area (TPSA) is 35.5 Å². The zero-order valence-electron chi connectivity index (χ0n) is 9.40. The standard InChI is InChI=1S/C12H15ClO3/c1-3-15-12(16-4-2)11-7-10(13)6-5-9(11)8-14/h5-8,12H,3-4H2,1-2H3. The average Bonchev–Trinajstić information content (AvgIpc) is 2.29. The first-order valence-electron chi connectivity index (χ1n) is 5.20. The Hall–Kier alpha value is -0.900. The van der Waals surface area contributed by atoms with Crippen LogP contribution in [0.1, 0.15) is 36.1 Å².